The maximum Gasteiger partial charge on any atom is 0.252 e. The summed E-state index contributed by atoms with van der Waals surface area (Å²) in [6.07, 6.45) is 0. The van der Waals surface area contributed by atoms with Crippen LogP contribution >= 0.6 is 0 Å². The van der Waals surface area contributed by atoms with Gasteiger partial charge in [0.25, 0.3) is 6.71 Å². The zero-order chi connectivity index (χ0) is 51.7. The molecule has 0 unspecified atom stereocenters. The Kier molecular flexibility index (Phi) is 11.1. The Morgan fingerprint density at radius 2 is 0.822 bits per heavy atom. The molecule has 2 aliphatic rings. The quantitative estimate of drug-likeness (QED) is 0.160. The first-order valence-corrected chi connectivity index (χ1v) is 26.5. The molecular formula is C68H72BN3O. The van der Waals surface area contributed by atoms with Gasteiger partial charge in [-0.2, -0.15) is 0 Å². The lowest BCUT2D eigenvalue weighted by Crippen LogP contribution is -2.61. The van der Waals surface area contributed by atoms with Gasteiger partial charge in [0.15, 0.2) is 0 Å². The molecule has 9 aromatic rings. The van der Waals surface area contributed by atoms with Gasteiger partial charge in [-0.15, -0.1) is 0 Å². The van der Waals surface area contributed by atoms with Crippen molar-refractivity contribution in [3.05, 3.63) is 192 Å². The van der Waals surface area contributed by atoms with Crippen LogP contribution in [-0.4, -0.2) is 6.71 Å². The molecule has 8 aromatic carbocycles. The van der Waals surface area contributed by atoms with Crippen LogP contribution in [-0.2, 0) is 27.1 Å². The van der Waals surface area contributed by atoms with E-state index in [0.717, 1.165) is 56.1 Å². The lowest BCUT2D eigenvalue weighted by molar-refractivity contribution is 0.590. The SMILES string of the molecule is CC(C)(C)c1ccc(N2c3ccc(C(C)(C)C)cc3B3c4cc5oc6ccccc6c5c(N(c5ccc(C(C)(C)C)cc5)c5ccc(C(C)(C)C)cc5)c4N(c4ccc(C(C)(C)C)cc4)c4cccc2c43)cc1. The molecule has 1 aromatic heterocycles. The Labute approximate surface area is 435 Å². The summed E-state index contributed by atoms with van der Waals surface area (Å²) in [5.41, 5.74) is 22.1. The molecule has 73 heavy (non-hydrogen) atoms. The van der Waals surface area contributed by atoms with Crippen molar-refractivity contribution in [2.45, 2.75) is 131 Å². The highest BCUT2D eigenvalue weighted by Crippen LogP contribution is 2.54. The first-order valence-electron chi connectivity index (χ1n) is 26.5. The van der Waals surface area contributed by atoms with E-state index in [4.69, 9.17) is 4.42 Å². The van der Waals surface area contributed by atoms with Crippen molar-refractivity contribution in [3.63, 3.8) is 0 Å². The number of hydrogen-bond acceptors (Lipinski definition) is 4. The molecule has 3 heterocycles. The third kappa shape index (κ3) is 8.24. The Morgan fingerprint density at radius 3 is 1.32 bits per heavy atom. The molecule has 0 saturated heterocycles. The molecule has 11 rings (SSSR count). The van der Waals surface area contributed by atoms with Crippen LogP contribution in [0.1, 0.15) is 132 Å². The smallest absolute Gasteiger partial charge is 0.252 e. The average molecular weight is 958 g/mol. The van der Waals surface area contributed by atoms with Crippen LogP contribution in [0.25, 0.3) is 21.9 Å². The summed E-state index contributed by atoms with van der Waals surface area (Å²) in [6, 6.07) is 62.6. The van der Waals surface area contributed by atoms with Gasteiger partial charge in [-0.1, -0.05) is 189 Å². The molecule has 368 valence electrons. The summed E-state index contributed by atoms with van der Waals surface area (Å²) >= 11 is 0. The van der Waals surface area contributed by atoms with Crippen molar-refractivity contribution < 1.29 is 4.42 Å². The first kappa shape index (κ1) is 48.3. The summed E-state index contributed by atoms with van der Waals surface area (Å²) < 4.78 is 7.17. The number of hydrogen-bond donors (Lipinski definition) is 0. The summed E-state index contributed by atoms with van der Waals surface area (Å²) in [4.78, 5) is 7.65. The van der Waals surface area contributed by atoms with Crippen molar-refractivity contribution in [3.8, 4) is 0 Å². The third-order valence-corrected chi connectivity index (χ3v) is 15.6. The van der Waals surface area contributed by atoms with E-state index in [1.54, 1.807) is 0 Å². The number of nitrogens with zero attached hydrogens (tertiary/aromatic N) is 3. The van der Waals surface area contributed by atoms with Crippen LogP contribution < -0.4 is 31.1 Å². The maximum atomic E-state index is 7.17. The van der Waals surface area contributed by atoms with E-state index >= 15 is 0 Å². The van der Waals surface area contributed by atoms with E-state index < -0.39 is 0 Å². The standard InChI is InChI=1S/C68H72BN3O/c1-64(2,3)43-23-32-48(33-24-43)70(49-34-25-44(26-35-49)65(4,5)6)63-60-52-19-16-17-22-58(52)73-59(60)42-54-62(63)72(51-38-29-46(30-39-51)67(10,11)12)57-21-18-20-56-61(57)69(54)53-41-47(68(13,14)15)31-40-55(53)71(56)50-36-27-45(28-37-50)66(7,8)9/h16-42H,1-15H3. The molecule has 0 atom stereocenters. The highest BCUT2D eigenvalue weighted by Gasteiger charge is 2.46. The number of benzene rings is 8. The van der Waals surface area contributed by atoms with Gasteiger partial charge in [0.1, 0.15) is 11.2 Å². The molecule has 0 saturated carbocycles. The second-order valence-corrected chi connectivity index (χ2v) is 26.0. The molecule has 2 aliphatic heterocycles. The lowest BCUT2D eigenvalue weighted by atomic mass is 9.33. The number of furan rings is 1. The van der Waals surface area contributed by atoms with Crippen LogP contribution in [0, 0.1) is 0 Å². The molecule has 0 amide bonds. The highest BCUT2D eigenvalue weighted by atomic mass is 16.3. The van der Waals surface area contributed by atoms with Crippen LogP contribution in [0.2, 0.25) is 0 Å². The number of fused-ring (bicyclic) bond motifs is 7. The van der Waals surface area contributed by atoms with Gasteiger partial charge in [-0.25, -0.2) is 0 Å². The van der Waals surface area contributed by atoms with Gasteiger partial charge in [0.2, 0.25) is 0 Å². The Bertz CT molecular complexity index is 3510. The first-order chi connectivity index (χ1) is 34.4. The average Bonchev–Trinajstić information content (AvgIpc) is 3.71. The van der Waals surface area contributed by atoms with Gasteiger partial charge in [-0.05, 0) is 150 Å². The molecule has 0 bridgehead atoms. The number of para-hydroxylation sites is 1. The zero-order valence-electron chi connectivity index (χ0n) is 45.9. The largest absolute Gasteiger partial charge is 0.456 e. The fourth-order valence-corrected chi connectivity index (χ4v) is 11.4. The highest BCUT2D eigenvalue weighted by molar-refractivity contribution is 7.00. The predicted molar refractivity (Wildman–Crippen MR) is 316 cm³/mol. The van der Waals surface area contributed by atoms with Gasteiger partial charge < -0.3 is 19.1 Å². The monoisotopic (exact) mass is 958 g/mol. The minimum atomic E-state index is -0.140. The van der Waals surface area contributed by atoms with E-state index in [2.05, 4.69) is 282 Å². The zero-order valence-corrected chi connectivity index (χ0v) is 45.9. The molecule has 4 nitrogen and oxygen atoms in total. The maximum absolute atomic E-state index is 7.17. The van der Waals surface area contributed by atoms with E-state index in [0.29, 0.717) is 0 Å². The van der Waals surface area contributed by atoms with E-state index in [9.17, 15) is 0 Å². The van der Waals surface area contributed by atoms with Crippen LogP contribution in [0.15, 0.2) is 168 Å². The molecule has 5 heteroatoms. The lowest BCUT2D eigenvalue weighted by Gasteiger charge is -2.46. The normalized spacial score (nSPS) is 13.9. The van der Waals surface area contributed by atoms with E-state index in [-0.39, 0.29) is 33.8 Å². The number of rotatable bonds is 5. The molecule has 0 N–H and O–H groups in total. The minimum absolute atomic E-state index is 0.0160. The van der Waals surface area contributed by atoms with Crippen molar-refractivity contribution in [1.29, 1.82) is 0 Å². The van der Waals surface area contributed by atoms with Crippen molar-refractivity contribution in [2.75, 3.05) is 14.7 Å². The third-order valence-electron chi connectivity index (χ3n) is 15.6. The summed E-state index contributed by atoms with van der Waals surface area (Å²) in [5.74, 6) is 0. The molecular weight excluding hydrogens is 886 g/mol. The Balaban J connectivity index is 1.31. The molecule has 0 fully saturated rings. The molecule has 0 radical (unpaired) electrons. The van der Waals surface area contributed by atoms with Crippen molar-refractivity contribution in [2.24, 2.45) is 0 Å². The second-order valence-electron chi connectivity index (χ2n) is 26.0. The summed E-state index contributed by atoms with van der Waals surface area (Å²) in [7, 11) is 0. The predicted octanol–water partition coefficient (Wildman–Crippen LogP) is 17.6. The van der Waals surface area contributed by atoms with Crippen LogP contribution in [0.5, 0.6) is 0 Å². The van der Waals surface area contributed by atoms with Crippen molar-refractivity contribution >= 4 is 96.2 Å². The number of anilines is 9. The van der Waals surface area contributed by atoms with Gasteiger partial charge in [0.05, 0.1) is 16.8 Å². The fraction of sp³-hybridized carbons (Fsp3) is 0.294. The van der Waals surface area contributed by atoms with Gasteiger partial charge in [0, 0.05) is 45.2 Å². The van der Waals surface area contributed by atoms with E-state index in [1.807, 2.05) is 0 Å². The molecule has 0 aliphatic carbocycles. The topological polar surface area (TPSA) is 22.9 Å². The summed E-state index contributed by atoms with van der Waals surface area (Å²) in [5, 5.41) is 2.18. The Hall–Kier alpha value is -6.98. The van der Waals surface area contributed by atoms with Crippen molar-refractivity contribution in [1.82, 2.24) is 0 Å². The summed E-state index contributed by atoms with van der Waals surface area (Å²) in [6.45, 7) is 34.4. The van der Waals surface area contributed by atoms with Crippen LogP contribution in [0.3, 0.4) is 0 Å². The van der Waals surface area contributed by atoms with E-state index in [1.165, 1.54) is 61.3 Å². The van der Waals surface area contributed by atoms with Gasteiger partial charge in [-0.3, -0.25) is 0 Å². The Morgan fingerprint density at radius 1 is 0.384 bits per heavy atom. The van der Waals surface area contributed by atoms with Gasteiger partial charge >= 0.3 is 0 Å². The van der Waals surface area contributed by atoms with Crippen LogP contribution in [0.4, 0.5) is 51.2 Å². The molecule has 0 spiro atoms. The fourth-order valence-electron chi connectivity index (χ4n) is 11.4. The second kappa shape index (κ2) is 16.8. The minimum Gasteiger partial charge on any atom is -0.456 e.